The molecule has 0 bridgehead atoms. The van der Waals surface area contributed by atoms with Crippen LogP contribution in [0.5, 0.6) is 11.6 Å². The van der Waals surface area contributed by atoms with Crippen molar-refractivity contribution in [2.45, 2.75) is 13.1 Å². The molecule has 1 heterocycles. The second-order valence-electron chi connectivity index (χ2n) is 3.80. The maximum atomic E-state index is 12.3. The Hall–Kier alpha value is -2.04. The van der Waals surface area contributed by atoms with Crippen molar-refractivity contribution in [3.8, 4) is 11.6 Å². The largest absolute Gasteiger partial charge is 0.439 e. The van der Waals surface area contributed by atoms with Gasteiger partial charge in [-0.25, -0.2) is 4.98 Å². The first-order chi connectivity index (χ1) is 8.45. The van der Waals surface area contributed by atoms with E-state index in [1.807, 2.05) is 13.0 Å². The molecule has 0 fully saturated rings. The van der Waals surface area contributed by atoms with Crippen LogP contribution in [-0.4, -0.2) is 4.98 Å². The summed E-state index contributed by atoms with van der Waals surface area (Å²) in [7, 11) is 0. The Kier molecular flexibility index (Phi) is 3.23. The highest BCUT2D eigenvalue weighted by Crippen LogP contribution is 2.30. The Balaban J connectivity index is 2.16. The van der Waals surface area contributed by atoms with Crippen LogP contribution in [0.1, 0.15) is 11.1 Å². The smallest absolute Gasteiger partial charge is 0.417 e. The first-order valence-electron chi connectivity index (χ1n) is 5.23. The molecule has 0 radical (unpaired) electrons. The van der Waals surface area contributed by atoms with Crippen LogP contribution in [0.4, 0.5) is 13.2 Å². The van der Waals surface area contributed by atoms with Gasteiger partial charge in [0.2, 0.25) is 5.88 Å². The number of pyridine rings is 1. The molecule has 2 nitrogen and oxygen atoms in total. The Morgan fingerprint density at radius 2 is 1.89 bits per heavy atom. The summed E-state index contributed by atoms with van der Waals surface area (Å²) in [5.74, 6) is 0.677. The molecule has 0 saturated carbocycles. The SMILES string of the molecule is Cc1cccc(Oc2ccc(C(F)(F)F)cn2)c1. The van der Waals surface area contributed by atoms with Gasteiger partial charge in [-0.1, -0.05) is 12.1 Å². The number of nitrogens with zero attached hydrogens (tertiary/aromatic N) is 1. The molecule has 0 aliphatic carbocycles. The van der Waals surface area contributed by atoms with Crippen molar-refractivity contribution in [3.63, 3.8) is 0 Å². The number of alkyl halides is 3. The first kappa shape index (κ1) is 12.4. The summed E-state index contributed by atoms with van der Waals surface area (Å²) in [6.45, 7) is 1.90. The van der Waals surface area contributed by atoms with Crippen molar-refractivity contribution in [3.05, 3.63) is 53.7 Å². The molecule has 2 aromatic rings. The fraction of sp³-hybridized carbons (Fsp3) is 0.154. The summed E-state index contributed by atoms with van der Waals surface area (Å²) in [5, 5.41) is 0. The number of hydrogen-bond acceptors (Lipinski definition) is 2. The highest BCUT2D eigenvalue weighted by molar-refractivity contribution is 5.31. The summed E-state index contributed by atoms with van der Waals surface area (Å²) in [6.07, 6.45) is -3.63. The van der Waals surface area contributed by atoms with E-state index in [1.165, 1.54) is 6.07 Å². The fourth-order valence-electron chi connectivity index (χ4n) is 1.41. The van der Waals surface area contributed by atoms with Crippen molar-refractivity contribution in [1.82, 2.24) is 4.98 Å². The molecule has 0 saturated heterocycles. The molecule has 1 aromatic carbocycles. The van der Waals surface area contributed by atoms with Crippen LogP contribution in [0.2, 0.25) is 0 Å². The topological polar surface area (TPSA) is 22.1 Å². The molecule has 1 aromatic heterocycles. The van der Waals surface area contributed by atoms with Gasteiger partial charge >= 0.3 is 6.18 Å². The molecule has 0 spiro atoms. The molecular weight excluding hydrogens is 243 g/mol. The molecule has 5 heteroatoms. The minimum absolute atomic E-state index is 0.133. The maximum absolute atomic E-state index is 12.3. The van der Waals surface area contributed by atoms with Crippen molar-refractivity contribution < 1.29 is 17.9 Å². The van der Waals surface area contributed by atoms with Gasteiger partial charge in [-0.05, 0) is 30.7 Å². The van der Waals surface area contributed by atoms with Gasteiger partial charge in [0.05, 0.1) is 5.56 Å². The van der Waals surface area contributed by atoms with E-state index in [-0.39, 0.29) is 5.88 Å². The third-order valence-electron chi connectivity index (χ3n) is 2.28. The van der Waals surface area contributed by atoms with E-state index in [0.717, 1.165) is 17.8 Å². The quantitative estimate of drug-likeness (QED) is 0.800. The summed E-state index contributed by atoms with van der Waals surface area (Å²) >= 11 is 0. The Labute approximate surface area is 102 Å². The van der Waals surface area contributed by atoms with E-state index in [2.05, 4.69) is 4.98 Å². The number of hydrogen-bond donors (Lipinski definition) is 0. The third-order valence-corrected chi connectivity index (χ3v) is 2.28. The van der Waals surface area contributed by atoms with E-state index in [9.17, 15) is 13.2 Å². The van der Waals surface area contributed by atoms with Crippen LogP contribution in [0, 0.1) is 6.92 Å². The van der Waals surface area contributed by atoms with Gasteiger partial charge in [0, 0.05) is 12.3 Å². The van der Waals surface area contributed by atoms with Crippen molar-refractivity contribution >= 4 is 0 Å². The average molecular weight is 253 g/mol. The molecule has 94 valence electrons. The van der Waals surface area contributed by atoms with Crippen LogP contribution in [0.15, 0.2) is 42.6 Å². The molecule has 0 N–H and O–H groups in total. The monoisotopic (exact) mass is 253 g/mol. The lowest BCUT2D eigenvalue weighted by molar-refractivity contribution is -0.137. The summed E-state index contributed by atoms with van der Waals surface area (Å²) in [4.78, 5) is 3.63. The normalized spacial score (nSPS) is 11.3. The zero-order valence-corrected chi connectivity index (χ0v) is 9.53. The average Bonchev–Trinajstić information content (AvgIpc) is 2.28. The van der Waals surface area contributed by atoms with E-state index >= 15 is 0 Å². The van der Waals surface area contributed by atoms with Crippen molar-refractivity contribution in [2.75, 3.05) is 0 Å². The van der Waals surface area contributed by atoms with E-state index < -0.39 is 11.7 Å². The second-order valence-corrected chi connectivity index (χ2v) is 3.80. The third kappa shape index (κ3) is 3.00. The lowest BCUT2D eigenvalue weighted by Crippen LogP contribution is -2.05. The van der Waals surface area contributed by atoms with E-state index in [0.29, 0.717) is 5.75 Å². The van der Waals surface area contributed by atoms with Crippen LogP contribution in [0.3, 0.4) is 0 Å². The molecule has 0 amide bonds. The molecular formula is C13H10F3NO. The summed E-state index contributed by atoms with van der Waals surface area (Å²) < 4.78 is 42.3. The van der Waals surface area contributed by atoms with Gasteiger partial charge in [0.15, 0.2) is 0 Å². The Bertz CT molecular complexity index is 535. The molecule has 0 aliphatic rings. The number of aryl methyl sites for hydroxylation is 1. The predicted molar refractivity (Wildman–Crippen MR) is 60.5 cm³/mol. The zero-order chi connectivity index (χ0) is 13.2. The highest BCUT2D eigenvalue weighted by Gasteiger charge is 2.30. The van der Waals surface area contributed by atoms with E-state index in [1.54, 1.807) is 18.2 Å². The van der Waals surface area contributed by atoms with Crippen LogP contribution in [0.25, 0.3) is 0 Å². The van der Waals surface area contributed by atoms with Gasteiger partial charge in [0.25, 0.3) is 0 Å². The maximum Gasteiger partial charge on any atom is 0.417 e. The molecule has 0 aliphatic heterocycles. The second kappa shape index (κ2) is 4.68. The van der Waals surface area contributed by atoms with Gasteiger partial charge in [-0.15, -0.1) is 0 Å². The molecule has 2 rings (SSSR count). The molecule has 18 heavy (non-hydrogen) atoms. The van der Waals surface area contributed by atoms with E-state index in [4.69, 9.17) is 4.74 Å². The standard InChI is InChI=1S/C13H10F3NO/c1-9-3-2-4-11(7-9)18-12-6-5-10(8-17-12)13(14,15)16/h2-8H,1H3. The number of aromatic nitrogens is 1. The fourth-order valence-corrected chi connectivity index (χ4v) is 1.41. The number of halogens is 3. The van der Waals surface area contributed by atoms with Crippen LogP contribution < -0.4 is 4.74 Å². The van der Waals surface area contributed by atoms with Gasteiger partial charge < -0.3 is 4.74 Å². The first-order valence-corrected chi connectivity index (χ1v) is 5.23. The van der Waals surface area contributed by atoms with Gasteiger partial charge in [0.1, 0.15) is 5.75 Å². The molecule has 0 unspecified atom stereocenters. The van der Waals surface area contributed by atoms with Gasteiger partial charge in [-0.2, -0.15) is 13.2 Å². The lowest BCUT2D eigenvalue weighted by atomic mass is 10.2. The summed E-state index contributed by atoms with van der Waals surface area (Å²) in [5.41, 5.74) is 0.207. The van der Waals surface area contributed by atoms with Crippen LogP contribution >= 0.6 is 0 Å². The minimum Gasteiger partial charge on any atom is -0.439 e. The number of rotatable bonds is 2. The Morgan fingerprint density at radius 1 is 1.11 bits per heavy atom. The van der Waals surface area contributed by atoms with Gasteiger partial charge in [-0.3, -0.25) is 0 Å². The minimum atomic E-state index is -4.38. The van der Waals surface area contributed by atoms with Crippen molar-refractivity contribution in [2.24, 2.45) is 0 Å². The summed E-state index contributed by atoms with van der Waals surface area (Å²) in [6, 6.07) is 9.33. The predicted octanol–water partition coefficient (Wildman–Crippen LogP) is 4.20. The lowest BCUT2D eigenvalue weighted by Gasteiger charge is -2.08. The highest BCUT2D eigenvalue weighted by atomic mass is 19.4. The van der Waals surface area contributed by atoms with Crippen LogP contribution in [-0.2, 0) is 6.18 Å². The van der Waals surface area contributed by atoms with Crippen molar-refractivity contribution in [1.29, 1.82) is 0 Å². The zero-order valence-electron chi connectivity index (χ0n) is 9.53. The number of ether oxygens (including phenoxy) is 1. The molecule has 0 atom stereocenters. The Morgan fingerprint density at radius 3 is 2.44 bits per heavy atom. The number of benzene rings is 1.